The van der Waals surface area contributed by atoms with Crippen molar-refractivity contribution in [1.82, 2.24) is 7.10 Å². The molecule has 0 fully saturated rings. The Hall–Kier alpha value is -2.20. The molecule has 2 nitrogen and oxygen atoms in total. The summed E-state index contributed by atoms with van der Waals surface area (Å²) in [5, 5.41) is 7.76. The van der Waals surface area contributed by atoms with Crippen LogP contribution in [-0.2, 0) is 0 Å². The number of fused-ring (bicyclic) bond motifs is 8. The van der Waals surface area contributed by atoms with Gasteiger partial charge in [0.2, 0.25) is 0 Å². The number of rotatable bonds is 0. The Morgan fingerprint density at radius 1 is 0.500 bits per heavy atom. The second kappa shape index (κ2) is 5.17. The predicted molar refractivity (Wildman–Crippen MR) is 112 cm³/mol. The van der Waals surface area contributed by atoms with Crippen molar-refractivity contribution < 1.29 is 0 Å². The molecule has 0 aliphatic rings. The van der Waals surface area contributed by atoms with Gasteiger partial charge in [0.05, 0.1) is 0 Å². The van der Waals surface area contributed by atoms with Gasteiger partial charge in [-0.3, -0.25) is 0 Å². The van der Waals surface area contributed by atoms with Crippen molar-refractivity contribution in [2.45, 2.75) is 0 Å². The molecule has 2 aromatic heterocycles. The zero-order valence-corrected chi connectivity index (χ0v) is 16.3. The van der Waals surface area contributed by atoms with E-state index in [1.807, 2.05) is 0 Å². The minimum atomic E-state index is 1.24. The van der Waals surface area contributed by atoms with E-state index in [0.29, 0.717) is 0 Å². The van der Waals surface area contributed by atoms with Gasteiger partial charge in [-0.05, 0) is 23.6 Å². The summed E-state index contributed by atoms with van der Waals surface area (Å²) in [5.41, 5.74) is 4.99. The molecule has 4 radical (unpaired) electrons. The van der Waals surface area contributed by atoms with Crippen molar-refractivity contribution in [1.29, 1.82) is 0 Å². The summed E-state index contributed by atoms with van der Waals surface area (Å²) in [6, 6.07) is 26.3. The largest absolute Gasteiger partial charge is 0.452 e. The van der Waals surface area contributed by atoms with Gasteiger partial charge in [-0.15, -0.1) is 0 Å². The third-order valence-corrected chi connectivity index (χ3v) is 6.61. The topological polar surface area (TPSA) is 9.86 Å². The monoisotopic (exact) mass is 358 g/mol. The lowest BCUT2D eigenvalue weighted by molar-refractivity contribution is 1.37. The summed E-state index contributed by atoms with van der Waals surface area (Å²) in [7, 11) is 0. The van der Waals surface area contributed by atoms with Crippen LogP contribution in [0.2, 0.25) is 0 Å². The smallest absolute Gasteiger partial charge is 0.318 e. The normalized spacial score (nSPS) is 12.2. The first-order valence-corrected chi connectivity index (χ1v) is 9.66. The summed E-state index contributed by atoms with van der Waals surface area (Å²) in [6.45, 7) is 0. The van der Waals surface area contributed by atoms with Crippen molar-refractivity contribution >= 4 is 87.4 Å². The van der Waals surface area contributed by atoms with Crippen molar-refractivity contribution in [3.63, 3.8) is 0 Å². The maximum atomic E-state index is 2.91. The third-order valence-electron chi connectivity index (χ3n) is 5.52. The molecule has 0 N–H and O–H groups in total. The third kappa shape index (κ3) is 1.78. The molecule has 0 unspecified atom stereocenters. The number of benzene rings is 4. The van der Waals surface area contributed by atoms with E-state index in [9.17, 15) is 0 Å². The van der Waals surface area contributed by atoms with E-state index in [1.54, 1.807) is 0 Å². The van der Waals surface area contributed by atoms with Gasteiger partial charge in [0.25, 0.3) is 0 Å². The molecular formula is C22H12Al2N2. The highest BCUT2D eigenvalue weighted by molar-refractivity contribution is 6.30. The standard InChI is InChI=1S/C22H12N2.2Al/c1-2-6-14-13(5-1)9-10-16-18-11-17-15-7-3-4-8-19(15)23-20(17)12-21(18)24-22(14)16;;/h1-12H;;/q-2;2*+1. The van der Waals surface area contributed by atoms with Crippen molar-refractivity contribution in [2.24, 2.45) is 0 Å². The number of hydrogen-bond acceptors (Lipinski definition) is 0. The quantitative estimate of drug-likeness (QED) is 0.341. The molecule has 0 aliphatic carbocycles. The average Bonchev–Trinajstić information content (AvgIpc) is 3.13. The molecule has 0 spiro atoms. The Morgan fingerprint density at radius 2 is 1.19 bits per heavy atom. The van der Waals surface area contributed by atoms with Gasteiger partial charge < -0.3 is 7.10 Å². The van der Waals surface area contributed by atoms with Gasteiger partial charge in [-0.25, -0.2) is 0 Å². The van der Waals surface area contributed by atoms with E-state index in [4.69, 9.17) is 0 Å². The zero-order valence-electron chi connectivity index (χ0n) is 14.0. The Bertz CT molecular complexity index is 1510. The number of hydrogen-bond donors (Lipinski definition) is 0. The van der Waals surface area contributed by atoms with E-state index >= 15 is 0 Å². The SMILES string of the molecule is [Al][n]1c2ccccc2c2cc3c4ccc5ccccc5c4[n]([Al])c3cc21. The van der Waals surface area contributed by atoms with Crippen LogP contribution < -0.4 is 0 Å². The highest BCUT2D eigenvalue weighted by Gasteiger charge is 2.14. The lowest BCUT2D eigenvalue weighted by atomic mass is 10.0. The fraction of sp³-hybridized carbons (Fsp3) is 0. The lowest BCUT2D eigenvalue weighted by Crippen LogP contribution is -1.93. The van der Waals surface area contributed by atoms with Gasteiger partial charge >= 0.3 is 33.0 Å². The first-order chi connectivity index (χ1) is 12.7. The minimum absolute atomic E-state index is 1.24. The first-order valence-electron chi connectivity index (χ1n) is 8.63. The molecule has 4 heteroatoms. The first kappa shape index (κ1) is 14.9. The van der Waals surface area contributed by atoms with Crippen LogP contribution in [-0.4, -0.2) is 40.1 Å². The minimum Gasteiger partial charge on any atom is -0.452 e. The predicted octanol–water partition coefficient (Wildman–Crippen LogP) is 4.92. The van der Waals surface area contributed by atoms with Crippen molar-refractivity contribution in [3.8, 4) is 0 Å². The number of aromatic nitrogens is 2. The second-order valence-corrected chi connectivity index (χ2v) is 7.86. The Labute approximate surface area is 166 Å². The molecule has 26 heavy (non-hydrogen) atoms. The van der Waals surface area contributed by atoms with Gasteiger partial charge in [0.15, 0.2) is 0 Å². The number of nitrogens with zero attached hydrogens (tertiary/aromatic N) is 2. The molecule has 2 heterocycles. The van der Waals surface area contributed by atoms with E-state index in [-0.39, 0.29) is 0 Å². The van der Waals surface area contributed by atoms with Crippen LogP contribution in [0.4, 0.5) is 0 Å². The maximum Gasteiger partial charge on any atom is 0.318 e. The van der Waals surface area contributed by atoms with Crippen LogP contribution in [0.3, 0.4) is 0 Å². The molecule has 0 saturated carbocycles. The molecule has 0 atom stereocenters. The highest BCUT2D eigenvalue weighted by atomic mass is 27.1. The summed E-state index contributed by atoms with van der Waals surface area (Å²) >= 11 is 5.77. The second-order valence-electron chi connectivity index (χ2n) is 6.83. The average molecular weight is 358 g/mol. The molecule has 116 valence electrons. The van der Waals surface area contributed by atoms with Crippen molar-refractivity contribution in [2.75, 3.05) is 0 Å². The Balaban J connectivity index is 1.90. The molecule has 0 aliphatic heterocycles. The lowest BCUT2D eigenvalue weighted by Gasteiger charge is -2.05. The van der Waals surface area contributed by atoms with Crippen molar-refractivity contribution in [3.05, 3.63) is 72.8 Å². The summed E-state index contributed by atoms with van der Waals surface area (Å²) in [5.74, 6) is 0. The van der Waals surface area contributed by atoms with Gasteiger partial charge in [0, 0.05) is 49.0 Å². The summed E-state index contributed by atoms with van der Waals surface area (Å²) < 4.78 is 4.47. The summed E-state index contributed by atoms with van der Waals surface area (Å²) in [6.07, 6.45) is 0. The molecule has 4 aromatic carbocycles. The molecular weight excluding hydrogens is 346 g/mol. The molecule has 6 rings (SSSR count). The molecule has 0 bridgehead atoms. The fourth-order valence-corrected chi connectivity index (χ4v) is 5.23. The van der Waals surface area contributed by atoms with Crippen LogP contribution in [0.25, 0.3) is 54.4 Å². The van der Waals surface area contributed by atoms with E-state index in [0.717, 1.165) is 0 Å². The molecule has 0 saturated heterocycles. The molecule has 0 amide bonds. The van der Waals surface area contributed by atoms with Gasteiger partial charge in [-0.1, -0.05) is 54.6 Å². The fourth-order valence-electron chi connectivity index (χ4n) is 4.30. The van der Waals surface area contributed by atoms with Gasteiger partial charge in [0.1, 0.15) is 0 Å². The maximum absolute atomic E-state index is 2.91. The van der Waals surface area contributed by atoms with Crippen LogP contribution in [0.15, 0.2) is 72.8 Å². The Kier molecular flexibility index (Phi) is 2.97. The number of para-hydroxylation sites is 1. The van der Waals surface area contributed by atoms with E-state index < -0.39 is 0 Å². The summed E-state index contributed by atoms with van der Waals surface area (Å²) in [4.78, 5) is 0. The Morgan fingerprint density at radius 3 is 2.08 bits per heavy atom. The zero-order chi connectivity index (χ0) is 17.4. The van der Waals surface area contributed by atoms with E-state index in [1.165, 1.54) is 54.4 Å². The highest BCUT2D eigenvalue weighted by Crippen LogP contribution is 2.37. The van der Waals surface area contributed by atoms with E-state index in [2.05, 4.69) is 113 Å². The van der Waals surface area contributed by atoms with Gasteiger partial charge in [-0.2, -0.15) is 0 Å². The van der Waals surface area contributed by atoms with Crippen LogP contribution in [0.1, 0.15) is 0 Å². The van der Waals surface area contributed by atoms with Crippen LogP contribution in [0, 0.1) is 0 Å². The molecule has 6 aromatic rings. The van der Waals surface area contributed by atoms with Crippen LogP contribution >= 0.6 is 0 Å². The van der Waals surface area contributed by atoms with Crippen LogP contribution in [0.5, 0.6) is 0 Å².